The smallest absolute Gasteiger partial charge is 0.0682 e. The standard InChI is InChI=1S/C12H22O/c1-11(2)7-8-12(13-10-9-11)5-3-4-6-12/h3-10H2,1-2H3. The summed E-state index contributed by atoms with van der Waals surface area (Å²) in [5.74, 6) is 0. The van der Waals surface area contributed by atoms with Crippen LogP contribution in [0.1, 0.15) is 58.8 Å². The molecule has 1 heterocycles. The normalized spacial score (nSPS) is 31.8. The quantitative estimate of drug-likeness (QED) is 0.557. The Bertz CT molecular complexity index is 178. The Morgan fingerprint density at radius 3 is 2.23 bits per heavy atom. The lowest BCUT2D eigenvalue weighted by molar-refractivity contribution is -0.0374. The van der Waals surface area contributed by atoms with Gasteiger partial charge in [0.1, 0.15) is 0 Å². The minimum Gasteiger partial charge on any atom is -0.375 e. The fraction of sp³-hybridized carbons (Fsp3) is 1.00. The van der Waals surface area contributed by atoms with Crippen LogP contribution in [0.15, 0.2) is 0 Å². The first kappa shape index (κ1) is 9.51. The first-order chi connectivity index (χ1) is 6.12. The van der Waals surface area contributed by atoms with Gasteiger partial charge in [-0.3, -0.25) is 0 Å². The Morgan fingerprint density at radius 2 is 1.54 bits per heavy atom. The minimum absolute atomic E-state index is 0.313. The Morgan fingerprint density at radius 1 is 0.846 bits per heavy atom. The van der Waals surface area contributed by atoms with Gasteiger partial charge in [-0.2, -0.15) is 0 Å². The van der Waals surface area contributed by atoms with Crippen molar-refractivity contribution in [3.63, 3.8) is 0 Å². The van der Waals surface area contributed by atoms with E-state index in [4.69, 9.17) is 4.74 Å². The molecule has 0 amide bonds. The van der Waals surface area contributed by atoms with Crippen LogP contribution in [-0.4, -0.2) is 12.2 Å². The number of hydrogen-bond acceptors (Lipinski definition) is 1. The molecule has 1 saturated carbocycles. The summed E-state index contributed by atoms with van der Waals surface area (Å²) in [4.78, 5) is 0. The van der Waals surface area contributed by atoms with Crippen molar-refractivity contribution in [1.29, 1.82) is 0 Å². The second-order valence-electron chi connectivity index (χ2n) is 5.65. The van der Waals surface area contributed by atoms with Gasteiger partial charge < -0.3 is 4.74 Å². The summed E-state index contributed by atoms with van der Waals surface area (Å²) in [6, 6.07) is 0. The minimum atomic E-state index is 0.313. The highest BCUT2D eigenvalue weighted by Gasteiger charge is 2.38. The van der Waals surface area contributed by atoms with E-state index < -0.39 is 0 Å². The molecule has 0 unspecified atom stereocenters. The van der Waals surface area contributed by atoms with Crippen LogP contribution in [0.5, 0.6) is 0 Å². The van der Waals surface area contributed by atoms with Crippen molar-refractivity contribution in [2.24, 2.45) is 5.41 Å². The second kappa shape index (κ2) is 3.27. The lowest BCUT2D eigenvalue weighted by atomic mass is 9.82. The summed E-state index contributed by atoms with van der Waals surface area (Å²) < 4.78 is 6.09. The molecule has 76 valence electrons. The van der Waals surface area contributed by atoms with Crippen molar-refractivity contribution in [3.05, 3.63) is 0 Å². The Balaban J connectivity index is 2.01. The predicted octanol–water partition coefficient (Wildman–Crippen LogP) is 3.53. The third kappa shape index (κ3) is 2.07. The van der Waals surface area contributed by atoms with Crippen molar-refractivity contribution < 1.29 is 4.74 Å². The van der Waals surface area contributed by atoms with Crippen LogP contribution in [0.2, 0.25) is 0 Å². The Kier molecular flexibility index (Phi) is 2.39. The topological polar surface area (TPSA) is 9.23 Å². The molecule has 13 heavy (non-hydrogen) atoms. The Hall–Kier alpha value is -0.0400. The monoisotopic (exact) mass is 182 g/mol. The van der Waals surface area contributed by atoms with Gasteiger partial charge in [0.05, 0.1) is 5.60 Å². The molecular formula is C12H22O. The molecule has 2 aliphatic rings. The fourth-order valence-corrected chi connectivity index (χ4v) is 2.72. The molecule has 1 heteroatoms. The average Bonchev–Trinajstić information content (AvgIpc) is 2.44. The number of ether oxygens (including phenoxy) is 1. The molecule has 1 saturated heterocycles. The third-order valence-electron chi connectivity index (χ3n) is 3.96. The molecule has 0 N–H and O–H groups in total. The maximum absolute atomic E-state index is 6.09. The van der Waals surface area contributed by atoms with E-state index in [1.807, 2.05) is 0 Å². The molecule has 0 radical (unpaired) electrons. The number of rotatable bonds is 0. The summed E-state index contributed by atoms with van der Waals surface area (Å²) in [5.41, 5.74) is 0.833. The van der Waals surface area contributed by atoms with Crippen LogP contribution < -0.4 is 0 Å². The van der Waals surface area contributed by atoms with Gasteiger partial charge in [-0.25, -0.2) is 0 Å². The largest absolute Gasteiger partial charge is 0.375 e. The van der Waals surface area contributed by atoms with E-state index in [0.29, 0.717) is 11.0 Å². The van der Waals surface area contributed by atoms with Gasteiger partial charge in [0.15, 0.2) is 0 Å². The van der Waals surface area contributed by atoms with E-state index in [-0.39, 0.29) is 0 Å². The molecule has 2 fully saturated rings. The molecule has 1 aliphatic carbocycles. The van der Waals surface area contributed by atoms with Gasteiger partial charge in [-0.05, 0) is 37.5 Å². The van der Waals surface area contributed by atoms with Crippen molar-refractivity contribution in [2.75, 3.05) is 6.61 Å². The van der Waals surface area contributed by atoms with E-state index in [2.05, 4.69) is 13.8 Å². The first-order valence-electron chi connectivity index (χ1n) is 5.76. The van der Waals surface area contributed by atoms with Crippen LogP contribution >= 0.6 is 0 Å². The van der Waals surface area contributed by atoms with Crippen LogP contribution in [0, 0.1) is 5.41 Å². The second-order valence-corrected chi connectivity index (χ2v) is 5.65. The molecule has 2 rings (SSSR count). The molecular weight excluding hydrogens is 160 g/mol. The SMILES string of the molecule is CC1(C)CCOC2(CCCC2)CC1. The molecule has 0 aromatic carbocycles. The maximum atomic E-state index is 6.09. The third-order valence-corrected chi connectivity index (χ3v) is 3.96. The zero-order valence-corrected chi connectivity index (χ0v) is 9.07. The van der Waals surface area contributed by atoms with Gasteiger partial charge in [0, 0.05) is 6.61 Å². The summed E-state index contributed by atoms with van der Waals surface area (Å²) in [6.45, 7) is 5.75. The molecule has 0 atom stereocenters. The van der Waals surface area contributed by atoms with Gasteiger partial charge in [-0.1, -0.05) is 26.7 Å². The summed E-state index contributed by atoms with van der Waals surface area (Å²) in [5, 5.41) is 0. The predicted molar refractivity (Wildman–Crippen MR) is 54.8 cm³/mol. The zero-order valence-electron chi connectivity index (χ0n) is 9.07. The van der Waals surface area contributed by atoms with E-state index in [0.717, 1.165) is 6.61 Å². The summed E-state index contributed by atoms with van der Waals surface area (Å²) in [7, 11) is 0. The number of hydrogen-bond donors (Lipinski definition) is 0. The van der Waals surface area contributed by atoms with Crippen LogP contribution in [0.4, 0.5) is 0 Å². The highest BCUT2D eigenvalue weighted by molar-refractivity contribution is 4.90. The average molecular weight is 182 g/mol. The lowest BCUT2D eigenvalue weighted by Gasteiger charge is -2.27. The van der Waals surface area contributed by atoms with Crippen LogP contribution in [0.25, 0.3) is 0 Å². The highest BCUT2D eigenvalue weighted by Crippen LogP contribution is 2.43. The molecule has 1 spiro atoms. The highest BCUT2D eigenvalue weighted by atomic mass is 16.5. The fourth-order valence-electron chi connectivity index (χ4n) is 2.72. The van der Waals surface area contributed by atoms with Gasteiger partial charge >= 0.3 is 0 Å². The molecule has 0 aromatic heterocycles. The van der Waals surface area contributed by atoms with E-state index in [1.165, 1.54) is 44.9 Å². The molecule has 1 aliphatic heterocycles. The molecule has 1 nitrogen and oxygen atoms in total. The van der Waals surface area contributed by atoms with Crippen LogP contribution in [0.3, 0.4) is 0 Å². The maximum Gasteiger partial charge on any atom is 0.0682 e. The zero-order chi connectivity index (χ0) is 9.36. The van der Waals surface area contributed by atoms with Crippen LogP contribution in [-0.2, 0) is 4.74 Å². The van der Waals surface area contributed by atoms with Crippen molar-refractivity contribution in [2.45, 2.75) is 64.4 Å². The van der Waals surface area contributed by atoms with Crippen molar-refractivity contribution >= 4 is 0 Å². The molecule has 0 bridgehead atoms. The summed E-state index contributed by atoms with van der Waals surface area (Å²) in [6.07, 6.45) is 9.33. The first-order valence-corrected chi connectivity index (χ1v) is 5.76. The molecule has 0 aromatic rings. The van der Waals surface area contributed by atoms with Crippen molar-refractivity contribution in [1.82, 2.24) is 0 Å². The Labute approximate surface area is 81.9 Å². The van der Waals surface area contributed by atoms with Crippen molar-refractivity contribution in [3.8, 4) is 0 Å². The van der Waals surface area contributed by atoms with Gasteiger partial charge in [0.2, 0.25) is 0 Å². The summed E-state index contributed by atoms with van der Waals surface area (Å²) >= 11 is 0. The van der Waals surface area contributed by atoms with E-state index in [9.17, 15) is 0 Å². The van der Waals surface area contributed by atoms with Gasteiger partial charge in [0.25, 0.3) is 0 Å². The van der Waals surface area contributed by atoms with Gasteiger partial charge in [-0.15, -0.1) is 0 Å². The lowest BCUT2D eigenvalue weighted by Crippen LogP contribution is -2.27. The van der Waals surface area contributed by atoms with E-state index in [1.54, 1.807) is 0 Å². The van der Waals surface area contributed by atoms with E-state index >= 15 is 0 Å².